The molecule has 0 saturated carbocycles. The van der Waals surface area contributed by atoms with E-state index in [0.29, 0.717) is 38.4 Å². The molecule has 0 heterocycles. The molecule has 1 atom stereocenters. The molecule has 0 radical (unpaired) electrons. The molecule has 1 N–H and O–H groups in total. The third kappa shape index (κ3) is 6.15. The van der Waals surface area contributed by atoms with E-state index in [-0.39, 0.29) is 12.5 Å². The van der Waals surface area contributed by atoms with Crippen LogP contribution in [0.5, 0.6) is 11.5 Å². The van der Waals surface area contributed by atoms with E-state index in [1.54, 1.807) is 67.6 Å². The van der Waals surface area contributed by atoms with Gasteiger partial charge >= 0.3 is 5.97 Å². The summed E-state index contributed by atoms with van der Waals surface area (Å²) in [6.45, 7) is 1.64. The van der Waals surface area contributed by atoms with Crippen LogP contribution in [0.3, 0.4) is 0 Å². The number of hydrogen-bond acceptors (Lipinski definition) is 5. The molecule has 0 aliphatic heterocycles. The van der Waals surface area contributed by atoms with Gasteiger partial charge in [-0.25, -0.2) is 4.79 Å². The maximum atomic E-state index is 12.5. The van der Waals surface area contributed by atoms with Gasteiger partial charge < -0.3 is 19.5 Å². The van der Waals surface area contributed by atoms with Gasteiger partial charge in [-0.2, -0.15) is 0 Å². The van der Waals surface area contributed by atoms with Gasteiger partial charge in [-0.15, -0.1) is 0 Å². The van der Waals surface area contributed by atoms with E-state index in [0.717, 1.165) is 0 Å². The lowest BCUT2D eigenvalue weighted by molar-refractivity contribution is -0.152. The molecule has 3 rings (SSSR count). The Bertz CT molecular complexity index is 1100. The summed E-state index contributed by atoms with van der Waals surface area (Å²) in [7, 11) is 1.52. The predicted molar refractivity (Wildman–Crippen MR) is 124 cm³/mol. The Hall–Kier alpha value is -3.22. The summed E-state index contributed by atoms with van der Waals surface area (Å²) in [6, 6.07) is 18.5. The molecule has 6 nitrogen and oxygen atoms in total. The summed E-state index contributed by atoms with van der Waals surface area (Å²) in [6.07, 6.45) is -0.835. The summed E-state index contributed by atoms with van der Waals surface area (Å²) in [5.41, 5.74) is 1.66. The van der Waals surface area contributed by atoms with Crippen molar-refractivity contribution in [1.29, 1.82) is 0 Å². The Balaban J connectivity index is 1.54. The van der Waals surface area contributed by atoms with Crippen molar-refractivity contribution in [3.63, 3.8) is 0 Å². The maximum absolute atomic E-state index is 12.5. The Morgan fingerprint density at radius 1 is 0.969 bits per heavy atom. The Kier molecular flexibility index (Phi) is 7.98. The fraction of sp³-hybridized carbons (Fsp3) is 0.167. The lowest BCUT2D eigenvalue weighted by atomic mass is 10.2. The monoisotopic (exact) mass is 473 g/mol. The van der Waals surface area contributed by atoms with Crippen molar-refractivity contribution in [3.8, 4) is 11.5 Å². The lowest BCUT2D eigenvalue weighted by Crippen LogP contribution is -2.26. The van der Waals surface area contributed by atoms with E-state index < -0.39 is 12.1 Å². The number of halogens is 2. The number of amides is 1. The Morgan fingerprint density at radius 3 is 2.34 bits per heavy atom. The maximum Gasteiger partial charge on any atom is 0.347 e. The zero-order chi connectivity index (χ0) is 23.1. The number of ether oxygens (including phenoxy) is 3. The van der Waals surface area contributed by atoms with E-state index >= 15 is 0 Å². The van der Waals surface area contributed by atoms with E-state index in [1.165, 1.54) is 7.11 Å². The molecular weight excluding hydrogens is 453 g/mol. The number of carbonyl (C=O) groups excluding carboxylic acids is 2. The molecule has 166 valence electrons. The van der Waals surface area contributed by atoms with Gasteiger partial charge in [0.1, 0.15) is 18.1 Å². The van der Waals surface area contributed by atoms with E-state index in [1.807, 2.05) is 6.07 Å². The van der Waals surface area contributed by atoms with Crippen molar-refractivity contribution in [1.82, 2.24) is 0 Å². The van der Waals surface area contributed by atoms with Crippen LogP contribution < -0.4 is 14.8 Å². The Morgan fingerprint density at radius 2 is 1.69 bits per heavy atom. The summed E-state index contributed by atoms with van der Waals surface area (Å²) >= 11 is 12.1. The highest BCUT2D eigenvalue weighted by molar-refractivity contribution is 6.32. The first kappa shape index (κ1) is 23.4. The van der Waals surface area contributed by atoms with Gasteiger partial charge in [0.15, 0.2) is 6.10 Å². The average Bonchev–Trinajstić information content (AvgIpc) is 2.79. The lowest BCUT2D eigenvalue weighted by Gasteiger charge is -2.15. The van der Waals surface area contributed by atoms with Crippen molar-refractivity contribution in [2.24, 2.45) is 0 Å². The Labute approximate surface area is 196 Å². The van der Waals surface area contributed by atoms with Crippen LogP contribution in [0.2, 0.25) is 10.0 Å². The summed E-state index contributed by atoms with van der Waals surface area (Å²) in [4.78, 5) is 24.7. The molecule has 0 saturated heterocycles. The van der Waals surface area contributed by atoms with E-state index in [9.17, 15) is 9.59 Å². The SMILES string of the molecule is COc1ccc(NC(=O)c2ccc(OC(C)C(=O)OCc3ccccc3Cl)cc2)cc1Cl. The van der Waals surface area contributed by atoms with Crippen LogP contribution in [-0.2, 0) is 16.1 Å². The van der Waals surface area contributed by atoms with Crippen LogP contribution in [0.15, 0.2) is 66.7 Å². The minimum Gasteiger partial charge on any atom is -0.495 e. The molecule has 0 bridgehead atoms. The molecule has 3 aromatic carbocycles. The zero-order valence-electron chi connectivity index (χ0n) is 17.4. The average molecular weight is 474 g/mol. The van der Waals surface area contributed by atoms with Gasteiger partial charge in [0.2, 0.25) is 0 Å². The van der Waals surface area contributed by atoms with Gasteiger partial charge in [0, 0.05) is 21.8 Å². The fourth-order valence-electron chi connectivity index (χ4n) is 2.77. The highest BCUT2D eigenvalue weighted by Crippen LogP contribution is 2.27. The molecule has 0 aliphatic carbocycles. The summed E-state index contributed by atoms with van der Waals surface area (Å²) < 4.78 is 16.0. The van der Waals surface area contributed by atoms with Crippen molar-refractivity contribution < 1.29 is 23.8 Å². The van der Waals surface area contributed by atoms with Gasteiger partial charge in [-0.1, -0.05) is 41.4 Å². The van der Waals surface area contributed by atoms with Crippen molar-refractivity contribution in [2.75, 3.05) is 12.4 Å². The van der Waals surface area contributed by atoms with Gasteiger partial charge in [0.25, 0.3) is 5.91 Å². The molecular formula is C24H21Cl2NO5. The quantitative estimate of drug-likeness (QED) is 0.420. The minimum absolute atomic E-state index is 0.0562. The normalized spacial score (nSPS) is 11.4. The molecule has 0 aromatic heterocycles. The number of esters is 1. The topological polar surface area (TPSA) is 73.9 Å². The third-order valence-corrected chi connectivity index (χ3v) is 5.16. The van der Waals surface area contributed by atoms with Crippen LogP contribution in [0.4, 0.5) is 5.69 Å². The first-order chi connectivity index (χ1) is 15.4. The molecule has 3 aromatic rings. The van der Waals surface area contributed by atoms with Crippen molar-refractivity contribution in [3.05, 3.63) is 87.9 Å². The molecule has 0 spiro atoms. The second-order valence-electron chi connectivity index (χ2n) is 6.79. The van der Waals surface area contributed by atoms with Crippen LogP contribution >= 0.6 is 23.2 Å². The molecule has 32 heavy (non-hydrogen) atoms. The standard InChI is InChI=1S/C24H21Cl2NO5/c1-15(24(29)31-14-17-5-3-4-6-20(17)25)32-19-10-7-16(8-11-19)23(28)27-18-9-12-22(30-2)21(26)13-18/h3-13,15H,14H2,1-2H3,(H,27,28). The predicted octanol–water partition coefficient (Wildman–Crippen LogP) is 5.77. The van der Waals surface area contributed by atoms with Crippen LogP contribution in [0.1, 0.15) is 22.8 Å². The first-order valence-corrected chi connectivity index (χ1v) is 10.4. The van der Waals surface area contributed by atoms with E-state index in [2.05, 4.69) is 5.32 Å². The highest BCUT2D eigenvalue weighted by atomic mass is 35.5. The fourth-order valence-corrected chi connectivity index (χ4v) is 3.21. The summed E-state index contributed by atoms with van der Waals surface area (Å²) in [5, 5.41) is 3.68. The van der Waals surface area contributed by atoms with Gasteiger partial charge in [-0.05, 0) is 55.5 Å². The molecule has 1 unspecified atom stereocenters. The van der Waals surface area contributed by atoms with Crippen LogP contribution in [0.25, 0.3) is 0 Å². The van der Waals surface area contributed by atoms with E-state index in [4.69, 9.17) is 37.4 Å². The van der Waals surface area contributed by atoms with Crippen LogP contribution in [0, 0.1) is 0 Å². The molecule has 0 aliphatic rings. The van der Waals surface area contributed by atoms with Gasteiger partial charge in [0.05, 0.1) is 12.1 Å². The summed E-state index contributed by atoms with van der Waals surface area (Å²) in [5.74, 6) is 0.107. The molecule has 0 fully saturated rings. The number of benzene rings is 3. The number of hydrogen-bond donors (Lipinski definition) is 1. The van der Waals surface area contributed by atoms with Crippen molar-refractivity contribution >= 4 is 40.8 Å². The third-order valence-electron chi connectivity index (χ3n) is 4.50. The van der Waals surface area contributed by atoms with Gasteiger partial charge in [-0.3, -0.25) is 4.79 Å². The first-order valence-electron chi connectivity index (χ1n) is 9.69. The minimum atomic E-state index is -0.835. The number of rotatable bonds is 8. The number of methoxy groups -OCH3 is 1. The van der Waals surface area contributed by atoms with Crippen LogP contribution in [-0.4, -0.2) is 25.1 Å². The number of nitrogens with one attached hydrogen (secondary N) is 1. The molecule has 1 amide bonds. The smallest absolute Gasteiger partial charge is 0.347 e. The number of carbonyl (C=O) groups is 2. The molecule has 8 heteroatoms. The number of anilines is 1. The second-order valence-corrected chi connectivity index (χ2v) is 7.60. The zero-order valence-corrected chi connectivity index (χ0v) is 18.9. The van der Waals surface area contributed by atoms with Crippen molar-refractivity contribution in [2.45, 2.75) is 19.6 Å². The largest absolute Gasteiger partial charge is 0.495 e. The highest BCUT2D eigenvalue weighted by Gasteiger charge is 2.17. The second kappa shape index (κ2) is 10.9.